The van der Waals surface area contributed by atoms with Crippen LogP contribution in [0, 0.1) is 5.82 Å². The molecular weight excluding hydrogens is 365 g/mol. The summed E-state index contributed by atoms with van der Waals surface area (Å²) in [7, 11) is 0. The maximum atomic E-state index is 13.0. The van der Waals surface area contributed by atoms with E-state index in [-0.39, 0.29) is 11.7 Å². The molecule has 0 aliphatic carbocycles. The number of hydrogen-bond donors (Lipinski definition) is 1. The van der Waals surface area contributed by atoms with Gasteiger partial charge in [-0.2, -0.15) is 8.75 Å². The smallest absolute Gasteiger partial charge is 0.251 e. The molecule has 0 atom stereocenters. The highest BCUT2D eigenvalue weighted by Crippen LogP contribution is 2.22. The lowest BCUT2D eigenvalue weighted by molar-refractivity contribution is 0.0951. The van der Waals surface area contributed by atoms with Crippen LogP contribution in [0.15, 0.2) is 66.7 Å². The van der Waals surface area contributed by atoms with Crippen molar-refractivity contribution in [2.45, 2.75) is 6.54 Å². The zero-order valence-electron chi connectivity index (χ0n) is 14.1. The number of nitrogens with one attached hydrogen (secondary N) is 1. The molecule has 4 aromatic rings. The number of ether oxygens (including phenoxy) is 1. The molecule has 5 nitrogen and oxygen atoms in total. The number of amides is 1. The summed E-state index contributed by atoms with van der Waals surface area (Å²) in [6.07, 6.45) is 0. The van der Waals surface area contributed by atoms with Crippen LogP contribution in [0.1, 0.15) is 15.9 Å². The third-order valence-corrected chi connectivity index (χ3v) is 4.47. The molecule has 0 aliphatic heterocycles. The largest absolute Gasteiger partial charge is 0.457 e. The minimum atomic E-state index is -0.314. The summed E-state index contributed by atoms with van der Waals surface area (Å²) in [5, 5.41) is 2.88. The fourth-order valence-electron chi connectivity index (χ4n) is 2.57. The summed E-state index contributed by atoms with van der Waals surface area (Å²) in [6, 6.07) is 18.4. The first-order valence-corrected chi connectivity index (χ1v) is 8.93. The molecular formula is C20H14FN3O2S. The predicted molar refractivity (Wildman–Crippen MR) is 102 cm³/mol. The van der Waals surface area contributed by atoms with Crippen molar-refractivity contribution in [2.75, 3.05) is 0 Å². The van der Waals surface area contributed by atoms with Gasteiger partial charge in [0.1, 0.15) is 28.3 Å². The van der Waals surface area contributed by atoms with Crippen molar-refractivity contribution in [1.29, 1.82) is 0 Å². The molecule has 0 aliphatic rings. The van der Waals surface area contributed by atoms with Gasteiger partial charge in [-0.25, -0.2) is 4.39 Å². The maximum absolute atomic E-state index is 13.0. The molecule has 0 fully saturated rings. The average Bonchev–Trinajstić information content (AvgIpc) is 3.16. The summed E-state index contributed by atoms with van der Waals surface area (Å²) in [5.41, 5.74) is 2.91. The summed E-state index contributed by atoms with van der Waals surface area (Å²) >= 11 is 1.12. The molecule has 0 saturated heterocycles. The van der Waals surface area contributed by atoms with Crippen LogP contribution >= 0.6 is 11.7 Å². The fraction of sp³-hybridized carbons (Fsp3) is 0.0500. The Hall–Kier alpha value is -3.32. The Morgan fingerprint density at radius 1 is 0.963 bits per heavy atom. The second-order valence-electron chi connectivity index (χ2n) is 5.85. The van der Waals surface area contributed by atoms with Crippen molar-refractivity contribution in [2.24, 2.45) is 0 Å². The molecule has 0 radical (unpaired) electrons. The molecule has 7 heteroatoms. The Balaban J connectivity index is 1.41. The number of halogens is 1. The lowest BCUT2D eigenvalue weighted by Gasteiger charge is -2.09. The molecule has 134 valence electrons. The van der Waals surface area contributed by atoms with Gasteiger partial charge < -0.3 is 10.1 Å². The molecule has 1 N–H and O–H groups in total. The first-order chi connectivity index (χ1) is 13.2. The van der Waals surface area contributed by atoms with E-state index in [2.05, 4.69) is 14.1 Å². The van der Waals surface area contributed by atoms with Gasteiger partial charge in [0.25, 0.3) is 5.91 Å². The Bertz CT molecular complexity index is 1100. The van der Waals surface area contributed by atoms with E-state index in [0.29, 0.717) is 29.1 Å². The topological polar surface area (TPSA) is 64.1 Å². The molecule has 0 spiro atoms. The Kier molecular flexibility index (Phi) is 4.76. The minimum absolute atomic E-state index is 0.185. The van der Waals surface area contributed by atoms with Crippen LogP contribution in [0.3, 0.4) is 0 Å². The highest BCUT2D eigenvalue weighted by molar-refractivity contribution is 7.00. The fourth-order valence-corrected chi connectivity index (χ4v) is 3.08. The van der Waals surface area contributed by atoms with Crippen molar-refractivity contribution >= 4 is 28.7 Å². The molecule has 27 heavy (non-hydrogen) atoms. The van der Waals surface area contributed by atoms with E-state index in [4.69, 9.17) is 4.74 Å². The van der Waals surface area contributed by atoms with E-state index in [1.807, 2.05) is 18.2 Å². The summed E-state index contributed by atoms with van der Waals surface area (Å²) < 4.78 is 27.0. The number of carbonyl (C=O) groups excluding carboxylic acids is 1. The average molecular weight is 379 g/mol. The van der Waals surface area contributed by atoms with E-state index in [1.54, 1.807) is 36.4 Å². The van der Waals surface area contributed by atoms with Gasteiger partial charge in [-0.1, -0.05) is 12.1 Å². The summed E-state index contributed by atoms with van der Waals surface area (Å²) in [4.78, 5) is 12.4. The summed E-state index contributed by atoms with van der Waals surface area (Å²) in [6.45, 7) is 0.354. The normalized spacial score (nSPS) is 10.7. The Morgan fingerprint density at radius 2 is 1.78 bits per heavy atom. The van der Waals surface area contributed by atoms with Crippen molar-refractivity contribution in [1.82, 2.24) is 14.1 Å². The molecule has 0 unspecified atom stereocenters. The zero-order valence-corrected chi connectivity index (χ0v) is 14.9. The van der Waals surface area contributed by atoms with E-state index in [0.717, 1.165) is 22.8 Å². The number of carbonyl (C=O) groups is 1. The molecule has 3 aromatic carbocycles. The van der Waals surface area contributed by atoms with Crippen LogP contribution in [-0.4, -0.2) is 14.7 Å². The number of fused-ring (bicyclic) bond motifs is 1. The van der Waals surface area contributed by atoms with E-state index in [9.17, 15) is 9.18 Å². The Labute approximate surface area is 158 Å². The first-order valence-electron chi connectivity index (χ1n) is 8.20. The van der Waals surface area contributed by atoms with Crippen molar-refractivity contribution in [3.63, 3.8) is 0 Å². The van der Waals surface area contributed by atoms with Crippen LogP contribution in [-0.2, 0) is 6.54 Å². The lowest BCUT2D eigenvalue weighted by Crippen LogP contribution is -2.22. The molecule has 0 bridgehead atoms. The Morgan fingerprint density at radius 3 is 2.63 bits per heavy atom. The second kappa shape index (κ2) is 7.51. The monoisotopic (exact) mass is 379 g/mol. The van der Waals surface area contributed by atoms with Gasteiger partial charge in [-0.15, -0.1) is 0 Å². The number of benzene rings is 3. The maximum Gasteiger partial charge on any atom is 0.251 e. The SMILES string of the molecule is O=C(NCc1cccc(Oc2ccc(F)cc2)c1)c1ccc2nsnc2c1. The van der Waals surface area contributed by atoms with Gasteiger partial charge in [0.15, 0.2) is 0 Å². The van der Waals surface area contributed by atoms with Gasteiger partial charge in [0.2, 0.25) is 0 Å². The van der Waals surface area contributed by atoms with Gasteiger partial charge in [-0.3, -0.25) is 4.79 Å². The van der Waals surface area contributed by atoms with Gasteiger partial charge in [-0.05, 0) is 60.2 Å². The van der Waals surface area contributed by atoms with Crippen LogP contribution < -0.4 is 10.1 Å². The molecule has 0 saturated carbocycles. The van der Waals surface area contributed by atoms with Crippen molar-refractivity contribution in [3.05, 3.63) is 83.7 Å². The van der Waals surface area contributed by atoms with Crippen LogP contribution in [0.5, 0.6) is 11.5 Å². The first kappa shape index (κ1) is 17.1. The lowest BCUT2D eigenvalue weighted by atomic mass is 10.1. The third-order valence-electron chi connectivity index (χ3n) is 3.92. The number of aromatic nitrogens is 2. The van der Waals surface area contributed by atoms with Gasteiger partial charge in [0.05, 0.1) is 11.7 Å². The van der Waals surface area contributed by atoms with Gasteiger partial charge in [0, 0.05) is 12.1 Å². The van der Waals surface area contributed by atoms with E-state index < -0.39 is 0 Å². The van der Waals surface area contributed by atoms with Crippen LogP contribution in [0.25, 0.3) is 11.0 Å². The molecule has 4 rings (SSSR count). The molecule has 1 aromatic heterocycles. The van der Waals surface area contributed by atoms with E-state index >= 15 is 0 Å². The molecule has 1 heterocycles. The van der Waals surface area contributed by atoms with Crippen molar-refractivity contribution < 1.29 is 13.9 Å². The third kappa shape index (κ3) is 4.09. The quantitative estimate of drug-likeness (QED) is 0.552. The van der Waals surface area contributed by atoms with E-state index in [1.165, 1.54) is 12.1 Å². The van der Waals surface area contributed by atoms with Gasteiger partial charge >= 0.3 is 0 Å². The number of nitrogens with zero attached hydrogens (tertiary/aromatic N) is 2. The summed E-state index contributed by atoms with van der Waals surface area (Å²) in [5.74, 6) is 0.659. The van der Waals surface area contributed by atoms with Crippen molar-refractivity contribution in [3.8, 4) is 11.5 Å². The predicted octanol–water partition coefficient (Wildman–Crippen LogP) is 4.55. The standard InChI is InChI=1S/C20H14FN3O2S/c21-15-5-7-16(8-6-15)26-17-3-1-2-13(10-17)12-22-20(25)14-4-9-18-19(11-14)24-27-23-18/h1-11H,12H2,(H,22,25). The van der Waals surface area contributed by atoms with Crippen LogP contribution in [0.4, 0.5) is 4.39 Å². The number of hydrogen-bond acceptors (Lipinski definition) is 5. The highest BCUT2D eigenvalue weighted by atomic mass is 32.1. The minimum Gasteiger partial charge on any atom is -0.457 e. The highest BCUT2D eigenvalue weighted by Gasteiger charge is 2.08. The second-order valence-corrected chi connectivity index (χ2v) is 6.38. The number of rotatable bonds is 5. The zero-order chi connectivity index (χ0) is 18.6. The molecule has 1 amide bonds. The van der Waals surface area contributed by atoms with Crippen LogP contribution in [0.2, 0.25) is 0 Å².